The number of esters is 1. The van der Waals surface area contributed by atoms with Crippen molar-refractivity contribution in [2.75, 3.05) is 12.3 Å². The standard InChI is InChI=1S/C16H21NO5S.CO2/c1-11(18)17-9-10-23-15(20)21-13-8-6-5-7-12(13)14(19)22-16(2,3)4;2-1-3/h5-8H,9-10H2,1-4H3,(H,17,18);. The van der Waals surface area contributed by atoms with Crippen molar-refractivity contribution >= 4 is 35.1 Å². The van der Waals surface area contributed by atoms with Crippen LogP contribution >= 0.6 is 11.8 Å². The number of ether oxygens (including phenoxy) is 2. The van der Waals surface area contributed by atoms with Gasteiger partial charge in [-0.3, -0.25) is 4.79 Å². The Morgan fingerprint density at radius 2 is 1.73 bits per heavy atom. The second kappa shape index (κ2) is 11.8. The lowest BCUT2D eigenvalue weighted by Gasteiger charge is -2.20. The Labute approximate surface area is 155 Å². The van der Waals surface area contributed by atoms with Crippen LogP contribution in [0.2, 0.25) is 0 Å². The van der Waals surface area contributed by atoms with Crippen molar-refractivity contribution in [2.24, 2.45) is 0 Å². The largest absolute Gasteiger partial charge is 0.456 e. The number of thioether (sulfide) groups is 1. The molecule has 0 unspecified atom stereocenters. The molecule has 0 spiro atoms. The van der Waals surface area contributed by atoms with Crippen molar-refractivity contribution in [2.45, 2.75) is 33.3 Å². The van der Waals surface area contributed by atoms with Crippen LogP contribution in [-0.2, 0) is 19.1 Å². The zero-order chi connectivity index (χ0) is 20.2. The van der Waals surface area contributed by atoms with Gasteiger partial charge in [-0.15, -0.1) is 0 Å². The number of nitrogens with one attached hydrogen (secondary N) is 1. The smallest absolute Gasteiger partial charge is 0.373 e. The zero-order valence-electron chi connectivity index (χ0n) is 15.0. The van der Waals surface area contributed by atoms with E-state index >= 15 is 0 Å². The van der Waals surface area contributed by atoms with Gasteiger partial charge in [0.25, 0.3) is 0 Å². The molecule has 142 valence electrons. The van der Waals surface area contributed by atoms with E-state index in [1.807, 2.05) is 0 Å². The Balaban J connectivity index is 0.00000194. The molecule has 1 rings (SSSR count). The van der Waals surface area contributed by atoms with Gasteiger partial charge in [0.2, 0.25) is 5.91 Å². The Bertz CT molecular complexity index is 661. The number of benzene rings is 1. The SMILES string of the molecule is CC(=O)NCCSC(=O)Oc1ccccc1C(=O)OC(C)(C)C.O=C=O. The van der Waals surface area contributed by atoms with Gasteiger partial charge in [0.1, 0.15) is 16.9 Å². The Morgan fingerprint density at radius 1 is 1.15 bits per heavy atom. The minimum Gasteiger partial charge on any atom is -0.456 e. The fourth-order valence-electron chi connectivity index (χ4n) is 1.54. The molecule has 1 amide bonds. The van der Waals surface area contributed by atoms with Crippen molar-refractivity contribution in [1.29, 1.82) is 0 Å². The maximum atomic E-state index is 12.1. The Morgan fingerprint density at radius 3 is 2.27 bits per heavy atom. The third-order valence-corrected chi connectivity index (χ3v) is 3.12. The zero-order valence-corrected chi connectivity index (χ0v) is 15.8. The van der Waals surface area contributed by atoms with Crippen LogP contribution in [0, 0.1) is 0 Å². The molecule has 0 saturated heterocycles. The number of carbonyl (C=O) groups is 3. The quantitative estimate of drug-likeness (QED) is 0.609. The van der Waals surface area contributed by atoms with E-state index in [2.05, 4.69) is 5.32 Å². The summed E-state index contributed by atoms with van der Waals surface area (Å²) in [5.74, 6) is -0.176. The van der Waals surface area contributed by atoms with E-state index < -0.39 is 16.9 Å². The van der Waals surface area contributed by atoms with E-state index in [9.17, 15) is 14.4 Å². The first-order chi connectivity index (χ1) is 12.1. The van der Waals surface area contributed by atoms with E-state index in [0.29, 0.717) is 12.3 Å². The van der Waals surface area contributed by atoms with Gasteiger partial charge in [-0.1, -0.05) is 12.1 Å². The second-order valence-corrected chi connectivity index (χ2v) is 6.80. The first-order valence-corrected chi connectivity index (χ1v) is 8.50. The van der Waals surface area contributed by atoms with Crippen LogP contribution in [0.5, 0.6) is 5.75 Å². The van der Waals surface area contributed by atoms with Crippen molar-refractivity contribution < 1.29 is 33.4 Å². The summed E-state index contributed by atoms with van der Waals surface area (Å²) < 4.78 is 10.5. The summed E-state index contributed by atoms with van der Waals surface area (Å²) in [4.78, 5) is 50.9. The average Bonchev–Trinajstić information content (AvgIpc) is 2.51. The Hall–Kier alpha value is -2.64. The molecule has 0 aliphatic heterocycles. The van der Waals surface area contributed by atoms with Crippen molar-refractivity contribution in [3.63, 3.8) is 0 Å². The molecule has 8 nitrogen and oxygen atoms in total. The topological polar surface area (TPSA) is 116 Å². The van der Waals surface area contributed by atoms with E-state index in [-0.39, 0.29) is 23.4 Å². The van der Waals surface area contributed by atoms with Crippen LogP contribution < -0.4 is 10.1 Å². The van der Waals surface area contributed by atoms with Gasteiger partial charge in [-0.05, 0) is 44.7 Å². The molecule has 26 heavy (non-hydrogen) atoms. The molecule has 1 N–H and O–H groups in total. The maximum absolute atomic E-state index is 12.1. The lowest BCUT2D eigenvalue weighted by atomic mass is 10.1. The van der Waals surface area contributed by atoms with Crippen molar-refractivity contribution in [1.82, 2.24) is 5.32 Å². The third kappa shape index (κ3) is 11.0. The van der Waals surface area contributed by atoms with Gasteiger partial charge >= 0.3 is 17.4 Å². The highest BCUT2D eigenvalue weighted by Crippen LogP contribution is 2.23. The van der Waals surface area contributed by atoms with Gasteiger partial charge in [0.05, 0.1) is 0 Å². The van der Waals surface area contributed by atoms with Crippen LogP contribution in [0.4, 0.5) is 4.79 Å². The van der Waals surface area contributed by atoms with E-state index in [1.54, 1.807) is 39.0 Å². The summed E-state index contributed by atoms with van der Waals surface area (Å²) in [7, 11) is 0. The first kappa shape index (κ1) is 23.4. The average molecular weight is 383 g/mol. The molecule has 0 heterocycles. The highest BCUT2D eigenvalue weighted by Gasteiger charge is 2.21. The summed E-state index contributed by atoms with van der Waals surface area (Å²) >= 11 is 0.919. The number of amides is 1. The minimum atomic E-state index is -0.638. The molecule has 0 atom stereocenters. The van der Waals surface area contributed by atoms with Gasteiger partial charge < -0.3 is 14.8 Å². The molecule has 0 bridgehead atoms. The molecular formula is C17H21NO7S. The fourth-order valence-corrected chi connectivity index (χ4v) is 2.06. The van der Waals surface area contributed by atoms with Crippen LogP contribution in [-0.4, -0.2) is 41.2 Å². The molecule has 9 heteroatoms. The molecule has 0 radical (unpaired) electrons. The number of para-hydroxylation sites is 1. The summed E-state index contributed by atoms with van der Waals surface area (Å²) in [6.07, 6.45) is 0.250. The maximum Gasteiger partial charge on any atom is 0.373 e. The van der Waals surface area contributed by atoms with Crippen LogP contribution in [0.25, 0.3) is 0 Å². The summed E-state index contributed by atoms with van der Waals surface area (Å²) in [5.41, 5.74) is -0.445. The molecule has 0 aliphatic carbocycles. The lowest BCUT2D eigenvalue weighted by Crippen LogP contribution is -2.24. The molecule has 1 aromatic carbocycles. The highest BCUT2D eigenvalue weighted by molar-refractivity contribution is 8.13. The molecule has 0 aromatic heterocycles. The first-order valence-electron chi connectivity index (χ1n) is 7.51. The van der Waals surface area contributed by atoms with Crippen LogP contribution in [0.1, 0.15) is 38.1 Å². The predicted molar refractivity (Wildman–Crippen MR) is 93.8 cm³/mol. The second-order valence-electron chi connectivity index (χ2n) is 5.76. The highest BCUT2D eigenvalue weighted by atomic mass is 32.2. The minimum absolute atomic E-state index is 0.152. The van der Waals surface area contributed by atoms with Gasteiger partial charge in [0.15, 0.2) is 0 Å². The van der Waals surface area contributed by atoms with Crippen LogP contribution in [0.3, 0.4) is 0 Å². The number of carbonyl (C=O) groups excluding carboxylic acids is 5. The van der Waals surface area contributed by atoms with Crippen molar-refractivity contribution in [3.8, 4) is 5.75 Å². The number of hydrogen-bond donors (Lipinski definition) is 1. The number of rotatable bonds is 5. The predicted octanol–water partition coefficient (Wildman–Crippen LogP) is 2.43. The van der Waals surface area contributed by atoms with Crippen LogP contribution in [0.15, 0.2) is 24.3 Å². The molecule has 0 aliphatic rings. The monoisotopic (exact) mass is 383 g/mol. The van der Waals surface area contributed by atoms with E-state index in [1.165, 1.54) is 13.0 Å². The van der Waals surface area contributed by atoms with E-state index in [0.717, 1.165) is 11.8 Å². The Kier molecular flexibility index (Phi) is 10.6. The molecule has 0 fully saturated rings. The fraction of sp³-hybridized carbons (Fsp3) is 0.412. The molecule has 1 aromatic rings. The third-order valence-electron chi connectivity index (χ3n) is 2.40. The summed E-state index contributed by atoms with van der Waals surface area (Å²) in [5, 5.41) is 2.03. The molecule has 0 saturated carbocycles. The summed E-state index contributed by atoms with van der Waals surface area (Å²) in [6.45, 7) is 7.05. The van der Waals surface area contributed by atoms with Gasteiger partial charge in [-0.25, -0.2) is 9.59 Å². The van der Waals surface area contributed by atoms with Gasteiger partial charge in [-0.2, -0.15) is 9.59 Å². The molecular weight excluding hydrogens is 362 g/mol. The lowest BCUT2D eigenvalue weighted by molar-refractivity contribution is -0.191. The van der Waals surface area contributed by atoms with Crippen molar-refractivity contribution in [3.05, 3.63) is 29.8 Å². The van der Waals surface area contributed by atoms with Gasteiger partial charge in [0, 0.05) is 19.2 Å². The normalized spacial score (nSPS) is 9.85. The van der Waals surface area contributed by atoms with E-state index in [4.69, 9.17) is 19.1 Å². The number of hydrogen-bond acceptors (Lipinski definition) is 8. The summed E-state index contributed by atoms with van der Waals surface area (Å²) in [6, 6.07) is 6.41.